The molecule has 2 heterocycles. The van der Waals surface area contributed by atoms with Crippen molar-refractivity contribution in [2.75, 3.05) is 6.61 Å². The van der Waals surface area contributed by atoms with Crippen molar-refractivity contribution in [3.05, 3.63) is 45.8 Å². The molecular formula is C12H16N2O6. The van der Waals surface area contributed by atoms with Crippen LogP contribution in [0.5, 0.6) is 0 Å². The Bertz CT molecular complexity index is 607. The van der Waals surface area contributed by atoms with Gasteiger partial charge in [-0.3, -0.25) is 13.9 Å². The Labute approximate surface area is 113 Å². The fourth-order valence-corrected chi connectivity index (χ4v) is 2.13. The molecule has 2 rings (SSSR count). The van der Waals surface area contributed by atoms with E-state index in [2.05, 4.69) is 6.58 Å². The van der Waals surface area contributed by atoms with Crippen molar-refractivity contribution in [3.8, 4) is 0 Å². The molecule has 1 aliphatic rings. The molecule has 20 heavy (non-hydrogen) atoms. The number of aliphatic hydroxyl groups is 3. The van der Waals surface area contributed by atoms with Crippen LogP contribution in [0.25, 0.3) is 0 Å². The topological polar surface area (TPSA) is 114 Å². The number of ether oxygens (including phenoxy) is 1. The first-order chi connectivity index (χ1) is 9.51. The summed E-state index contributed by atoms with van der Waals surface area (Å²) in [5.41, 5.74) is -1.19. The third-order valence-corrected chi connectivity index (χ3v) is 3.20. The summed E-state index contributed by atoms with van der Waals surface area (Å²) < 4.78 is 7.17. The van der Waals surface area contributed by atoms with Crippen LogP contribution in [0.3, 0.4) is 0 Å². The molecule has 8 nitrogen and oxygen atoms in total. The first kappa shape index (κ1) is 14.7. The van der Waals surface area contributed by atoms with Gasteiger partial charge in [-0.25, -0.2) is 4.79 Å². The van der Waals surface area contributed by atoms with Crippen LogP contribution in [0.15, 0.2) is 34.5 Å². The molecule has 0 spiro atoms. The zero-order valence-corrected chi connectivity index (χ0v) is 10.6. The third kappa shape index (κ3) is 2.34. The lowest BCUT2D eigenvalue weighted by Gasteiger charge is -2.18. The molecule has 0 aromatic carbocycles. The lowest BCUT2D eigenvalue weighted by atomic mass is 10.1. The minimum atomic E-state index is -1.38. The van der Waals surface area contributed by atoms with Crippen LogP contribution in [-0.2, 0) is 11.3 Å². The molecule has 0 aliphatic carbocycles. The van der Waals surface area contributed by atoms with E-state index in [1.807, 2.05) is 0 Å². The van der Waals surface area contributed by atoms with Crippen LogP contribution in [-0.4, -0.2) is 49.4 Å². The fourth-order valence-electron chi connectivity index (χ4n) is 2.13. The predicted molar refractivity (Wildman–Crippen MR) is 68.2 cm³/mol. The van der Waals surface area contributed by atoms with E-state index in [1.165, 1.54) is 12.3 Å². The quantitative estimate of drug-likeness (QED) is 0.541. The Kier molecular flexibility index (Phi) is 4.19. The monoisotopic (exact) mass is 284 g/mol. The molecule has 0 saturated carbocycles. The van der Waals surface area contributed by atoms with Gasteiger partial charge in [-0.05, 0) is 0 Å². The van der Waals surface area contributed by atoms with Gasteiger partial charge < -0.3 is 20.1 Å². The summed E-state index contributed by atoms with van der Waals surface area (Å²) >= 11 is 0. The molecule has 1 aromatic heterocycles. The number of aliphatic hydroxyl groups excluding tert-OH is 3. The normalized spacial score (nSPS) is 29.6. The standard InChI is InChI=1S/C12H16N2O6/c1-2-4-13-8(16)3-5-14(12(13)19)11-10(18)9(17)7(6-15)20-11/h2-3,5,7,9-11,15,17-18H,1,4,6H2/t7-,9-,10-,11?/m1/s1. The van der Waals surface area contributed by atoms with Gasteiger partial charge >= 0.3 is 5.69 Å². The van der Waals surface area contributed by atoms with Crippen LogP contribution in [0, 0.1) is 0 Å². The highest BCUT2D eigenvalue weighted by Crippen LogP contribution is 2.27. The van der Waals surface area contributed by atoms with Crippen molar-refractivity contribution in [1.29, 1.82) is 0 Å². The molecule has 8 heteroatoms. The molecule has 1 unspecified atom stereocenters. The lowest BCUT2D eigenvalue weighted by molar-refractivity contribution is -0.0555. The Hall–Kier alpha value is -1.74. The summed E-state index contributed by atoms with van der Waals surface area (Å²) in [7, 11) is 0. The highest BCUT2D eigenvalue weighted by molar-refractivity contribution is 4.95. The van der Waals surface area contributed by atoms with Gasteiger partial charge in [-0.1, -0.05) is 6.08 Å². The number of nitrogens with zero attached hydrogens (tertiary/aromatic N) is 2. The molecule has 0 bridgehead atoms. The molecule has 1 saturated heterocycles. The zero-order valence-electron chi connectivity index (χ0n) is 10.6. The summed E-state index contributed by atoms with van der Waals surface area (Å²) in [6.45, 7) is 2.99. The second-order valence-electron chi connectivity index (χ2n) is 4.47. The van der Waals surface area contributed by atoms with Crippen LogP contribution in [0.2, 0.25) is 0 Å². The molecule has 1 aliphatic heterocycles. The lowest BCUT2D eigenvalue weighted by Crippen LogP contribution is -2.42. The summed E-state index contributed by atoms with van der Waals surface area (Å²) in [4.78, 5) is 23.7. The van der Waals surface area contributed by atoms with E-state index in [0.717, 1.165) is 15.2 Å². The smallest absolute Gasteiger partial charge is 0.333 e. The van der Waals surface area contributed by atoms with Crippen molar-refractivity contribution in [2.24, 2.45) is 0 Å². The number of rotatable bonds is 4. The summed E-state index contributed by atoms with van der Waals surface area (Å²) in [5.74, 6) is 0. The maximum absolute atomic E-state index is 12.2. The first-order valence-electron chi connectivity index (χ1n) is 6.06. The minimum Gasteiger partial charge on any atom is -0.394 e. The van der Waals surface area contributed by atoms with Crippen molar-refractivity contribution < 1.29 is 20.1 Å². The van der Waals surface area contributed by atoms with Gasteiger partial charge in [0.25, 0.3) is 5.56 Å². The Balaban J connectivity index is 2.44. The Morgan fingerprint density at radius 2 is 2.05 bits per heavy atom. The molecule has 0 radical (unpaired) electrons. The van der Waals surface area contributed by atoms with Gasteiger partial charge in [-0.2, -0.15) is 0 Å². The molecule has 3 N–H and O–H groups in total. The maximum atomic E-state index is 12.2. The van der Waals surface area contributed by atoms with Crippen LogP contribution in [0.4, 0.5) is 0 Å². The third-order valence-electron chi connectivity index (χ3n) is 3.20. The van der Waals surface area contributed by atoms with Gasteiger partial charge in [0.05, 0.1) is 6.61 Å². The Morgan fingerprint density at radius 3 is 2.60 bits per heavy atom. The number of hydrogen-bond donors (Lipinski definition) is 3. The van der Waals surface area contributed by atoms with Crippen LogP contribution < -0.4 is 11.2 Å². The average Bonchev–Trinajstić information content (AvgIpc) is 2.71. The van der Waals surface area contributed by atoms with Crippen molar-refractivity contribution >= 4 is 0 Å². The van der Waals surface area contributed by atoms with E-state index >= 15 is 0 Å². The Morgan fingerprint density at radius 1 is 1.35 bits per heavy atom. The maximum Gasteiger partial charge on any atom is 0.333 e. The van der Waals surface area contributed by atoms with E-state index in [9.17, 15) is 19.8 Å². The highest BCUT2D eigenvalue weighted by atomic mass is 16.6. The highest BCUT2D eigenvalue weighted by Gasteiger charge is 2.43. The molecule has 4 atom stereocenters. The van der Waals surface area contributed by atoms with E-state index in [0.29, 0.717) is 0 Å². The fraction of sp³-hybridized carbons (Fsp3) is 0.500. The van der Waals surface area contributed by atoms with Gasteiger partial charge in [-0.15, -0.1) is 6.58 Å². The van der Waals surface area contributed by atoms with Crippen LogP contribution in [0.1, 0.15) is 6.23 Å². The first-order valence-corrected chi connectivity index (χ1v) is 6.06. The zero-order chi connectivity index (χ0) is 14.9. The van der Waals surface area contributed by atoms with Gasteiger partial charge in [0.1, 0.15) is 18.3 Å². The summed E-state index contributed by atoms with van der Waals surface area (Å²) in [6, 6.07) is 1.15. The second-order valence-corrected chi connectivity index (χ2v) is 4.47. The number of aromatic nitrogens is 2. The van der Waals surface area contributed by atoms with Gasteiger partial charge in [0, 0.05) is 18.8 Å². The number of hydrogen-bond acceptors (Lipinski definition) is 6. The molecule has 1 aromatic rings. The molecule has 0 amide bonds. The van der Waals surface area contributed by atoms with Gasteiger partial charge in [0.15, 0.2) is 6.23 Å². The van der Waals surface area contributed by atoms with Crippen molar-refractivity contribution in [3.63, 3.8) is 0 Å². The van der Waals surface area contributed by atoms with Crippen LogP contribution >= 0.6 is 0 Å². The largest absolute Gasteiger partial charge is 0.394 e. The predicted octanol–water partition coefficient (Wildman–Crippen LogP) is -2.19. The molecule has 1 fully saturated rings. The minimum absolute atomic E-state index is 0.0211. The summed E-state index contributed by atoms with van der Waals surface area (Å²) in [6.07, 6.45) is -2.25. The van der Waals surface area contributed by atoms with E-state index in [1.54, 1.807) is 0 Å². The second kappa shape index (κ2) is 5.71. The van der Waals surface area contributed by atoms with E-state index < -0.39 is 42.4 Å². The van der Waals surface area contributed by atoms with E-state index in [4.69, 9.17) is 9.84 Å². The van der Waals surface area contributed by atoms with Gasteiger partial charge in [0.2, 0.25) is 0 Å². The number of allylic oxidation sites excluding steroid dienone is 1. The van der Waals surface area contributed by atoms with E-state index in [-0.39, 0.29) is 6.54 Å². The van der Waals surface area contributed by atoms with Crippen molar-refractivity contribution in [1.82, 2.24) is 9.13 Å². The summed E-state index contributed by atoms with van der Waals surface area (Å²) in [5, 5.41) is 28.6. The molecule has 110 valence electrons. The average molecular weight is 284 g/mol. The molecular weight excluding hydrogens is 268 g/mol. The SMILES string of the molecule is C=CCn1c(=O)ccn(C2O[C@H](CO)[C@@H](O)[C@H]2O)c1=O. The van der Waals surface area contributed by atoms with Crippen molar-refractivity contribution in [2.45, 2.75) is 31.1 Å².